The number of nitrogens with zero attached hydrogens (tertiary/aromatic N) is 1. The van der Waals surface area contributed by atoms with Crippen molar-refractivity contribution in [1.29, 1.82) is 0 Å². The fourth-order valence-corrected chi connectivity index (χ4v) is 2.07. The first-order chi connectivity index (χ1) is 10.2. The zero-order valence-electron chi connectivity index (χ0n) is 12.6. The maximum Gasteiger partial charge on any atom is 0.308 e. The predicted molar refractivity (Wildman–Crippen MR) is 80.7 cm³/mol. The van der Waals surface area contributed by atoms with Crippen molar-refractivity contribution < 1.29 is 22.7 Å². The topological polar surface area (TPSA) is 105 Å². The SMILES string of the molecule is CC(=O)Oc1cccc(C(=O)NCCNS(=O)(=O)N(C)C)c1. The lowest BCUT2D eigenvalue weighted by molar-refractivity contribution is -0.131. The van der Waals surface area contributed by atoms with Crippen molar-refractivity contribution in [1.82, 2.24) is 14.3 Å². The molecule has 0 atom stereocenters. The normalized spacial score (nSPS) is 11.3. The summed E-state index contributed by atoms with van der Waals surface area (Å²) in [7, 11) is -0.698. The van der Waals surface area contributed by atoms with Crippen molar-refractivity contribution in [3.8, 4) is 5.75 Å². The highest BCUT2D eigenvalue weighted by Crippen LogP contribution is 2.13. The van der Waals surface area contributed by atoms with E-state index in [4.69, 9.17) is 4.74 Å². The molecule has 0 radical (unpaired) electrons. The van der Waals surface area contributed by atoms with E-state index in [0.29, 0.717) is 5.56 Å². The third kappa shape index (κ3) is 5.80. The Hall–Kier alpha value is -1.97. The van der Waals surface area contributed by atoms with Crippen molar-refractivity contribution in [3.63, 3.8) is 0 Å². The Morgan fingerprint density at radius 3 is 2.50 bits per heavy atom. The molecule has 0 aromatic heterocycles. The molecule has 1 rings (SSSR count). The fraction of sp³-hybridized carbons (Fsp3) is 0.385. The highest BCUT2D eigenvalue weighted by atomic mass is 32.2. The van der Waals surface area contributed by atoms with Crippen LogP contribution in [-0.4, -0.2) is 51.8 Å². The lowest BCUT2D eigenvalue weighted by Gasteiger charge is -2.12. The van der Waals surface area contributed by atoms with Crippen molar-refractivity contribution in [2.45, 2.75) is 6.92 Å². The maximum atomic E-state index is 11.9. The first-order valence-electron chi connectivity index (χ1n) is 6.46. The number of ether oxygens (including phenoxy) is 1. The van der Waals surface area contributed by atoms with Gasteiger partial charge < -0.3 is 10.1 Å². The monoisotopic (exact) mass is 329 g/mol. The molecule has 2 N–H and O–H groups in total. The van der Waals surface area contributed by atoms with E-state index in [1.54, 1.807) is 18.2 Å². The van der Waals surface area contributed by atoms with Crippen LogP contribution in [0.2, 0.25) is 0 Å². The van der Waals surface area contributed by atoms with Crippen LogP contribution in [0.4, 0.5) is 0 Å². The number of rotatable bonds is 7. The number of esters is 1. The van der Waals surface area contributed by atoms with Crippen molar-refractivity contribution in [2.75, 3.05) is 27.2 Å². The standard InChI is InChI=1S/C13H19N3O5S/c1-10(17)21-12-6-4-5-11(9-12)13(18)14-7-8-15-22(19,20)16(2)3/h4-6,9,15H,7-8H2,1-3H3,(H,14,18). The van der Waals surface area contributed by atoms with Crippen LogP contribution in [0.25, 0.3) is 0 Å². The molecular formula is C13H19N3O5S. The third-order valence-electron chi connectivity index (χ3n) is 2.53. The molecule has 0 aliphatic carbocycles. The molecule has 1 aromatic rings. The molecule has 0 aliphatic rings. The first-order valence-corrected chi connectivity index (χ1v) is 7.90. The number of hydrogen-bond donors (Lipinski definition) is 2. The summed E-state index contributed by atoms with van der Waals surface area (Å²) in [5, 5.41) is 2.57. The second-order valence-electron chi connectivity index (χ2n) is 4.56. The molecule has 0 spiro atoms. The summed E-state index contributed by atoms with van der Waals surface area (Å²) in [4.78, 5) is 22.8. The molecule has 9 heteroatoms. The molecular weight excluding hydrogens is 310 g/mol. The smallest absolute Gasteiger partial charge is 0.308 e. The molecule has 0 unspecified atom stereocenters. The predicted octanol–water partition coefficient (Wildman–Crippen LogP) is -0.262. The molecule has 0 aliphatic heterocycles. The zero-order chi connectivity index (χ0) is 16.8. The third-order valence-corrected chi connectivity index (χ3v) is 4.06. The Labute approximate surface area is 129 Å². The highest BCUT2D eigenvalue weighted by molar-refractivity contribution is 7.87. The molecule has 0 heterocycles. The van der Waals surface area contributed by atoms with Gasteiger partial charge in [0.15, 0.2) is 0 Å². The van der Waals surface area contributed by atoms with Crippen LogP contribution >= 0.6 is 0 Å². The first kappa shape index (κ1) is 18.1. The molecule has 22 heavy (non-hydrogen) atoms. The average Bonchev–Trinajstić information content (AvgIpc) is 2.42. The lowest BCUT2D eigenvalue weighted by Crippen LogP contribution is -2.40. The maximum absolute atomic E-state index is 11.9. The number of amides is 1. The van der Waals surface area contributed by atoms with Gasteiger partial charge in [-0.1, -0.05) is 6.07 Å². The Balaban J connectivity index is 2.51. The van der Waals surface area contributed by atoms with Gasteiger partial charge in [-0.15, -0.1) is 0 Å². The van der Waals surface area contributed by atoms with Gasteiger partial charge in [-0.05, 0) is 18.2 Å². The van der Waals surface area contributed by atoms with Crippen LogP contribution < -0.4 is 14.8 Å². The van der Waals surface area contributed by atoms with Gasteiger partial charge in [-0.2, -0.15) is 12.7 Å². The van der Waals surface area contributed by atoms with E-state index in [2.05, 4.69) is 10.0 Å². The van der Waals surface area contributed by atoms with Gasteiger partial charge in [0, 0.05) is 39.7 Å². The number of carbonyl (C=O) groups excluding carboxylic acids is 2. The van der Waals surface area contributed by atoms with E-state index < -0.39 is 22.1 Å². The minimum atomic E-state index is -3.51. The van der Waals surface area contributed by atoms with Gasteiger partial charge in [0.1, 0.15) is 5.75 Å². The summed E-state index contributed by atoms with van der Waals surface area (Å²) in [6, 6.07) is 6.14. The van der Waals surface area contributed by atoms with Crippen molar-refractivity contribution in [2.24, 2.45) is 0 Å². The van der Waals surface area contributed by atoms with E-state index in [-0.39, 0.29) is 18.8 Å². The van der Waals surface area contributed by atoms with Gasteiger partial charge >= 0.3 is 5.97 Å². The van der Waals surface area contributed by atoms with Crippen LogP contribution in [0.15, 0.2) is 24.3 Å². The van der Waals surface area contributed by atoms with Crippen molar-refractivity contribution >= 4 is 22.1 Å². The highest BCUT2D eigenvalue weighted by Gasteiger charge is 2.12. The largest absolute Gasteiger partial charge is 0.427 e. The van der Waals surface area contributed by atoms with Crippen LogP contribution in [-0.2, 0) is 15.0 Å². The summed E-state index contributed by atoms with van der Waals surface area (Å²) in [5.41, 5.74) is 0.314. The van der Waals surface area contributed by atoms with Gasteiger partial charge in [0.2, 0.25) is 0 Å². The minimum absolute atomic E-state index is 0.0654. The van der Waals surface area contributed by atoms with Gasteiger partial charge in [0.05, 0.1) is 0 Å². The number of nitrogens with one attached hydrogen (secondary N) is 2. The summed E-state index contributed by atoms with van der Waals surface area (Å²) in [5.74, 6) is -0.595. The molecule has 122 valence electrons. The number of benzene rings is 1. The van der Waals surface area contributed by atoms with Crippen LogP contribution in [0.1, 0.15) is 17.3 Å². The molecule has 0 saturated carbocycles. The summed E-state index contributed by atoms with van der Waals surface area (Å²) in [6.45, 7) is 1.46. The zero-order valence-corrected chi connectivity index (χ0v) is 13.4. The summed E-state index contributed by atoms with van der Waals surface area (Å²) in [6.07, 6.45) is 0. The molecule has 0 bridgehead atoms. The van der Waals surface area contributed by atoms with E-state index in [0.717, 1.165) is 4.31 Å². The molecule has 1 amide bonds. The van der Waals surface area contributed by atoms with E-state index >= 15 is 0 Å². The average molecular weight is 329 g/mol. The number of carbonyl (C=O) groups is 2. The van der Waals surface area contributed by atoms with Gasteiger partial charge in [-0.25, -0.2) is 4.72 Å². The quantitative estimate of drug-likeness (QED) is 0.407. The molecule has 0 fully saturated rings. The summed E-state index contributed by atoms with van der Waals surface area (Å²) < 4.78 is 31.1. The Morgan fingerprint density at radius 2 is 1.91 bits per heavy atom. The van der Waals surface area contributed by atoms with E-state index in [9.17, 15) is 18.0 Å². The lowest BCUT2D eigenvalue weighted by atomic mass is 10.2. The van der Waals surface area contributed by atoms with Crippen LogP contribution in [0.3, 0.4) is 0 Å². The Kier molecular flexibility index (Phi) is 6.47. The van der Waals surface area contributed by atoms with E-state index in [1.807, 2.05) is 0 Å². The van der Waals surface area contributed by atoms with Gasteiger partial charge in [-0.3, -0.25) is 9.59 Å². The molecule has 1 aromatic carbocycles. The summed E-state index contributed by atoms with van der Waals surface area (Å²) >= 11 is 0. The van der Waals surface area contributed by atoms with Gasteiger partial charge in [0.25, 0.3) is 16.1 Å². The molecule has 8 nitrogen and oxygen atoms in total. The van der Waals surface area contributed by atoms with E-state index in [1.165, 1.54) is 27.1 Å². The second kappa shape index (κ2) is 7.87. The minimum Gasteiger partial charge on any atom is -0.427 e. The second-order valence-corrected chi connectivity index (χ2v) is 6.53. The van der Waals surface area contributed by atoms with Crippen LogP contribution in [0.5, 0.6) is 5.75 Å². The fourth-order valence-electron chi connectivity index (χ4n) is 1.45. The van der Waals surface area contributed by atoms with Crippen LogP contribution in [0, 0.1) is 0 Å². The Morgan fingerprint density at radius 1 is 1.23 bits per heavy atom. The van der Waals surface area contributed by atoms with Crippen molar-refractivity contribution in [3.05, 3.63) is 29.8 Å². The number of hydrogen-bond acceptors (Lipinski definition) is 5. The molecule has 0 saturated heterocycles. The Bertz CT molecular complexity index is 643.